The van der Waals surface area contributed by atoms with Crippen LogP contribution in [0.3, 0.4) is 0 Å². The minimum absolute atomic E-state index is 0.0306. The number of hydrogen-bond acceptors (Lipinski definition) is 5. The monoisotopic (exact) mass is 337 g/mol. The van der Waals surface area contributed by atoms with Crippen molar-refractivity contribution < 1.29 is 9.53 Å². The third-order valence-electron chi connectivity index (χ3n) is 4.29. The van der Waals surface area contributed by atoms with Crippen LogP contribution in [0.1, 0.15) is 16.1 Å². The molecule has 0 saturated heterocycles. The van der Waals surface area contributed by atoms with E-state index in [1.165, 1.54) is 0 Å². The molecular formula is C18H19N5O2. The number of fused-ring (bicyclic) bond motifs is 2. The van der Waals surface area contributed by atoms with E-state index in [1.54, 1.807) is 13.3 Å². The normalized spacial score (nSPS) is 13.6. The van der Waals surface area contributed by atoms with Gasteiger partial charge < -0.3 is 20.4 Å². The molecule has 3 aromatic rings. The summed E-state index contributed by atoms with van der Waals surface area (Å²) in [6, 6.07) is 7.66. The summed E-state index contributed by atoms with van der Waals surface area (Å²) in [6.45, 7) is 1.95. The minimum Gasteiger partial charge on any atom is -0.383 e. The van der Waals surface area contributed by atoms with Gasteiger partial charge in [-0.1, -0.05) is 0 Å². The van der Waals surface area contributed by atoms with E-state index >= 15 is 0 Å². The zero-order valence-corrected chi connectivity index (χ0v) is 13.9. The molecule has 128 valence electrons. The Morgan fingerprint density at radius 2 is 2.20 bits per heavy atom. The predicted octanol–water partition coefficient (Wildman–Crippen LogP) is 1.97. The molecule has 0 unspecified atom stereocenters. The van der Waals surface area contributed by atoms with Crippen molar-refractivity contribution in [1.29, 1.82) is 0 Å². The van der Waals surface area contributed by atoms with Gasteiger partial charge in [-0.25, -0.2) is 4.98 Å². The summed E-state index contributed by atoms with van der Waals surface area (Å²) in [5.74, 6) is 0.741. The molecule has 0 radical (unpaired) electrons. The Morgan fingerprint density at radius 3 is 3.04 bits per heavy atom. The molecule has 0 bridgehead atoms. The zero-order chi connectivity index (χ0) is 17.2. The molecule has 1 amide bonds. The molecule has 0 spiro atoms. The van der Waals surface area contributed by atoms with Gasteiger partial charge in [0.1, 0.15) is 11.3 Å². The SMILES string of the molecule is COCCNc1ccc2nccc(-c3cc4c([nH]3)CCNC4=O)c2n1. The highest BCUT2D eigenvalue weighted by Gasteiger charge is 2.21. The summed E-state index contributed by atoms with van der Waals surface area (Å²) >= 11 is 0. The summed E-state index contributed by atoms with van der Waals surface area (Å²) in [7, 11) is 1.67. The van der Waals surface area contributed by atoms with Crippen molar-refractivity contribution in [2.24, 2.45) is 0 Å². The molecule has 4 rings (SSSR count). The largest absolute Gasteiger partial charge is 0.383 e. The first-order valence-electron chi connectivity index (χ1n) is 8.25. The Morgan fingerprint density at radius 1 is 1.28 bits per heavy atom. The predicted molar refractivity (Wildman–Crippen MR) is 95.7 cm³/mol. The number of amides is 1. The lowest BCUT2D eigenvalue weighted by molar-refractivity contribution is 0.0946. The first-order valence-corrected chi connectivity index (χ1v) is 8.25. The topological polar surface area (TPSA) is 91.9 Å². The summed E-state index contributed by atoms with van der Waals surface area (Å²) in [5, 5.41) is 6.10. The second-order valence-electron chi connectivity index (χ2n) is 5.92. The number of nitrogens with zero attached hydrogens (tertiary/aromatic N) is 2. The number of carbonyl (C=O) groups is 1. The van der Waals surface area contributed by atoms with E-state index in [2.05, 4.69) is 20.6 Å². The van der Waals surface area contributed by atoms with Crippen molar-refractivity contribution in [3.63, 3.8) is 0 Å². The van der Waals surface area contributed by atoms with Crippen molar-refractivity contribution in [3.05, 3.63) is 41.7 Å². The lowest BCUT2D eigenvalue weighted by atomic mass is 10.1. The van der Waals surface area contributed by atoms with E-state index in [1.807, 2.05) is 24.3 Å². The van der Waals surface area contributed by atoms with Gasteiger partial charge in [0.15, 0.2) is 0 Å². The number of nitrogens with one attached hydrogen (secondary N) is 3. The van der Waals surface area contributed by atoms with Crippen molar-refractivity contribution in [1.82, 2.24) is 20.3 Å². The van der Waals surface area contributed by atoms with Crippen LogP contribution in [0.5, 0.6) is 0 Å². The molecule has 1 aliphatic rings. The quantitative estimate of drug-likeness (QED) is 0.619. The molecule has 7 nitrogen and oxygen atoms in total. The average Bonchev–Trinajstić information content (AvgIpc) is 3.07. The van der Waals surface area contributed by atoms with Crippen molar-refractivity contribution in [2.75, 3.05) is 32.1 Å². The van der Waals surface area contributed by atoms with E-state index in [0.717, 1.165) is 40.2 Å². The smallest absolute Gasteiger partial charge is 0.253 e. The Hall–Kier alpha value is -2.93. The number of rotatable bonds is 5. The fourth-order valence-electron chi connectivity index (χ4n) is 3.06. The molecule has 3 N–H and O–H groups in total. The number of carbonyl (C=O) groups excluding carboxylic acids is 1. The summed E-state index contributed by atoms with van der Waals surface area (Å²) in [4.78, 5) is 24.5. The van der Waals surface area contributed by atoms with Crippen molar-refractivity contribution >= 4 is 22.8 Å². The number of anilines is 1. The van der Waals surface area contributed by atoms with Gasteiger partial charge in [-0.3, -0.25) is 9.78 Å². The van der Waals surface area contributed by atoms with E-state index in [4.69, 9.17) is 9.72 Å². The number of aromatic nitrogens is 3. The van der Waals surface area contributed by atoms with Gasteiger partial charge in [0, 0.05) is 49.8 Å². The fourth-order valence-corrected chi connectivity index (χ4v) is 3.06. The number of pyridine rings is 2. The number of ether oxygens (including phenoxy) is 1. The molecule has 7 heteroatoms. The van der Waals surface area contributed by atoms with Gasteiger partial charge in [0.2, 0.25) is 0 Å². The second-order valence-corrected chi connectivity index (χ2v) is 5.92. The van der Waals surface area contributed by atoms with Gasteiger partial charge in [0.05, 0.1) is 17.7 Å². The fraction of sp³-hybridized carbons (Fsp3) is 0.278. The summed E-state index contributed by atoms with van der Waals surface area (Å²) < 4.78 is 5.06. The highest BCUT2D eigenvalue weighted by Crippen LogP contribution is 2.29. The molecule has 0 aromatic carbocycles. The van der Waals surface area contributed by atoms with Crippen molar-refractivity contribution in [3.8, 4) is 11.3 Å². The van der Waals surface area contributed by atoms with Crippen LogP contribution in [-0.2, 0) is 11.2 Å². The van der Waals surface area contributed by atoms with Crippen LogP contribution in [-0.4, -0.2) is 47.7 Å². The first kappa shape index (κ1) is 15.6. The van der Waals surface area contributed by atoms with Crippen LogP contribution in [0.4, 0.5) is 5.82 Å². The maximum Gasteiger partial charge on any atom is 0.253 e. The van der Waals surface area contributed by atoms with Gasteiger partial charge in [-0.15, -0.1) is 0 Å². The Labute approximate surface area is 144 Å². The zero-order valence-electron chi connectivity index (χ0n) is 13.9. The highest BCUT2D eigenvalue weighted by molar-refractivity contribution is 5.99. The van der Waals surface area contributed by atoms with E-state index in [-0.39, 0.29) is 5.91 Å². The maximum atomic E-state index is 12.0. The van der Waals surface area contributed by atoms with Gasteiger partial charge in [0.25, 0.3) is 5.91 Å². The number of aromatic amines is 1. The highest BCUT2D eigenvalue weighted by atomic mass is 16.5. The second kappa shape index (κ2) is 6.52. The maximum absolute atomic E-state index is 12.0. The van der Waals surface area contributed by atoms with Crippen molar-refractivity contribution in [2.45, 2.75) is 6.42 Å². The van der Waals surface area contributed by atoms with E-state index in [9.17, 15) is 4.79 Å². The van der Waals surface area contributed by atoms with E-state index < -0.39 is 0 Å². The van der Waals surface area contributed by atoms with Crippen LogP contribution < -0.4 is 10.6 Å². The molecule has 0 aliphatic carbocycles. The third-order valence-corrected chi connectivity index (χ3v) is 4.29. The minimum atomic E-state index is -0.0306. The molecule has 0 fully saturated rings. The van der Waals surface area contributed by atoms with Crippen LogP contribution in [0.25, 0.3) is 22.3 Å². The Balaban J connectivity index is 1.76. The van der Waals surface area contributed by atoms with Crippen LogP contribution in [0.15, 0.2) is 30.5 Å². The number of hydrogen-bond donors (Lipinski definition) is 3. The Bertz CT molecular complexity index is 934. The summed E-state index contributed by atoms with van der Waals surface area (Å²) in [5.41, 5.74) is 5.10. The standard InChI is InChI=1S/C18H19N5O2/c1-25-9-8-20-16-3-2-14-17(23-16)11(4-6-19-14)15-10-12-13(22-15)5-7-21-18(12)24/h2-4,6,10,22H,5,7-9H2,1H3,(H,20,23)(H,21,24). The van der Waals surface area contributed by atoms with Gasteiger partial charge >= 0.3 is 0 Å². The molecule has 0 saturated carbocycles. The molecule has 4 heterocycles. The van der Waals surface area contributed by atoms with Crippen LogP contribution >= 0.6 is 0 Å². The number of methoxy groups -OCH3 is 1. The average molecular weight is 337 g/mol. The molecule has 3 aromatic heterocycles. The summed E-state index contributed by atoms with van der Waals surface area (Å²) in [6.07, 6.45) is 2.57. The molecular weight excluding hydrogens is 318 g/mol. The molecule has 0 atom stereocenters. The van der Waals surface area contributed by atoms with Gasteiger partial charge in [-0.2, -0.15) is 0 Å². The lowest BCUT2D eigenvalue weighted by Gasteiger charge is -2.11. The van der Waals surface area contributed by atoms with Crippen LogP contribution in [0.2, 0.25) is 0 Å². The molecule has 1 aliphatic heterocycles. The van der Waals surface area contributed by atoms with Gasteiger partial charge in [-0.05, 0) is 24.3 Å². The molecule has 25 heavy (non-hydrogen) atoms. The van der Waals surface area contributed by atoms with Crippen LogP contribution in [0, 0.1) is 0 Å². The Kier molecular flexibility index (Phi) is 4.07. The lowest BCUT2D eigenvalue weighted by Crippen LogP contribution is -2.31. The number of H-pyrrole nitrogens is 1. The van der Waals surface area contributed by atoms with E-state index in [0.29, 0.717) is 25.3 Å². The third kappa shape index (κ3) is 2.94. The first-order chi connectivity index (χ1) is 12.3.